The van der Waals surface area contributed by atoms with Gasteiger partial charge in [-0.25, -0.2) is 4.99 Å². The van der Waals surface area contributed by atoms with Gasteiger partial charge in [0.25, 0.3) is 0 Å². The summed E-state index contributed by atoms with van der Waals surface area (Å²) < 4.78 is 6.15. The number of piperazine rings is 1. The van der Waals surface area contributed by atoms with Crippen LogP contribution in [0.25, 0.3) is 0 Å². The predicted molar refractivity (Wildman–Crippen MR) is 121 cm³/mol. The molecule has 31 heavy (non-hydrogen) atoms. The van der Waals surface area contributed by atoms with E-state index in [1.807, 2.05) is 41.3 Å². The average Bonchev–Trinajstić information content (AvgIpc) is 3.13. The van der Waals surface area contributed by atoms with Crippen LogP contribution in [0.1, 0.15) is 18.4 Å². The normalized spacial score (nSPS) is 22.8. The highest BCUT2D eigenvalue weighted by atomic mass is 35.5. The van der Waals surface area contributed by atoms with Gasteiger partial charge >= 0.3 is 0 Å². The SMILES string of the molecule is O=C(C[C@H]1CN(C2=Nc3cc(Cl)ccc3Oc3ccccc32)CCN1)N1CC[C@@H]([OH2+])C1. The van der Waals surface area contributed by atoms with Crippen molar-refractivity contribution in [1.29, 1.82) is 0 Å². The second-order valence-corrected chi connectivity index (χ2v) is 8.71. The monoisotopic (exact) mass is 441 g/mol. The van der Waals surface area contributed by atoms with E-state index in [1.165, 1.54) is 0 Å². The maximum Gasteiger partial charge on any atom is 0.224 e. The van der Waals surface area contributed by atoms with Gasteiger partial charge in [-0.3, -0.25) is 4.79 Å². The number of aliphatic imine (C=N–C) groups is 1. The van der Waals surface area contributed by atoms with Gasteiger partial charge in [-0.2, -0.15) is 0 Å². The summed E-state index contributed by atoms with van der Waals surface area (Å²) in [7, 11) is 0. The van der Waals surface area contributed by atoms with Gasteiger partial charge < -0.3 is 25.0 Å². The van der Waals surface area contributed by atoms with Crippen LogP contribution in [-0.2, 0) is 4.79 Å². The van der Waals surface area contributed by atoms with E-state index in [0.717, 1.165) is 36.7 Å². The van der Waals surface area contributed by atoms with E-state index in [1.54, 1.807) is 6.07 Å². The Balaban J connectivity index is 1.40. The minimum absolute atomic E-state index is 0.0314. The zero-order chi connectivity index (χ0) is 21.4. The lowest BCUT2D eigenvalue weighted by Gasteiger charge is -2.36. The van der Waals surface area contributed by atoms with E-state index in [4.69, 9.17) is 26.4 Å². The third-order valence-electron chi connectivity index (χ3n) is 6.01. The van der Waals surface area contributed by atoms with Crippen molar-refractivity contribution >= 4 is 29.0 Å². The highest BCUT2D eigenvalue weighted by Crippen LogP contribution is 2.39. The fourth-order valence-corrected chi connectivity index (χ4v) is 4.59. The maximum absolute atomic E-state index is 12.7. The summed E-state index contributed by atoms with van der Waals surface area (Å²) in [5.74, 6) is 2.39. The number of fused-ring (bicyclic) bond motifs is 2. The van der Waals surface area contributed by atoms with Crippen LogP contribution in [0, 0.1) is 0 Å². The molecule has 2 saturated heterocycles. The topological polar surface area (TPSA) is 80.1 Å². The number of para-hydroxylation sites is 1. The largest absolute Gasteiger partial charge is 0.454 e. The molecule has 3 aliphatic heterocycles. The Hall–Kier alpha value is -2.61. The third-order valence-corrected chi connectivity index (χ3v) is 6.25. The number of nitrogens with one attached hydrogen (secondary N) is 1. The van der Waals surface area contributed by atoms with Crippen LogP contribution in [0.15, 0.2) is 47.5 Å². The van der Waals surface area contributed by atoms with Crippen molar-refractivity contribution < 1.29 is 14.6 Å². The van der Waals surface area contributed by atoms with Gasteiger partial charge in [0, 0.05) is 50.1 Å². The van der Waals surface area contributed by atoms with Crippen molar-refractivity contribution in [3.05, 3.63) is 53.1 Å². The average molecular weight is 442 g/mol. The summed E-state index contributed by atoms with van der Waals surface area (Å²) in [5.41, 5.74) is 1.63. The molecular weight excluding hydrogens is 416 g/mol. The van der Waals surface area contributed by atoms with Crippen LogP contribution >= 0.6 is 11.6 Å². The molecule has 3 heterocycles. The fraction of sp³-hybridized carbons (Fsp3) is 0.391. The van der Waals surface area contributed by atoms with Crippen LogP contribution in [0.5, 0.6) is 11.5 Å². The minimum atomic E-state index is -0.150. The zero-order valence-electron chi connectivity index (χ0n) is 17.2. The van der Waals surface area contributed by atoms with Crippen molar-refractivity contribution in [1.82, 2.24) is 15.1 Å². The summed E-state index contributed by atoms with van der Waals surface area (Å²) in [6, 6.07) is 13.4. The van der Waals surface area contributed by atoms with Crippen LogP contribution in [0.2, 0.25) is 5.02 Å². The number of rotatable bonds is 2. The van der Waals surface area contributed by atoms with Gasteiger partial charge in [0.15, 0.2) is 11.9 Å². The van der Waals surface area contributed by atoms with Crippen molar-refractivity contribution in [3.8, 4) is 11.5 Å². The molecule has 2 atom stereocenters. The maximum atomic E-state index is 12.7. The Labute approximate surface area is 186 Å². The molecule has 7 nitrogen and oxygen atoms in total. The van der Waals surface area contributed by atoms with Crippen LogP contribution in [0.4, 0.5) is 5.69 Å². The zero-order valence-corrected chi connectivity index (χ0v) is 17.9. The molecule has 0 unspecified atom stereocenters. The van der Waals surface area contributed by atoms with E-state index in [9.17, 15) is 4.79 Å². The molecule has 0 spiro atoms. The molecule has 5 rings (SSSR count). The molecule has 3 aliphatic rings. The van der Waals surface area contributed by atoms with Crippen LogP contribution < -0.4 is 10.1 Å². The number of hydrogen-bond acceptors (Lipinski definition) is 5. The quantitative estimate of drug-likeness (QED) is 0.726. The van der Waals surface area contributed by atoms with Crippen molar-refractivity contribution in [2.24, 2.45) is 4.99 Å². The highest BCUT2D eigenvalue weighted by Gasteiger charge is 2.32. The van der Waals surface area contributed by atoms with Crippen LogP contribution in [-0.4, -0.2) is 71.5 Å². The summed E-state index contributed by atoms with van der Waals surface area (Å²) >= 11 is 6.22. The third kappa shape index (κ3) is 4.26. The van der Waals surface area contributed by atoms with E-state index < -0.39 is 0 Å². The first-order valence-corrected chi connectivity index (χ1v) is 11.1. The summed E-state index contributed by atoms with van der Waals surface area (Å²) in [6.07, 6.45) is 1.05. The Morgan fingerprint density at radius 3 is 2.90 bits per heavy atom. The number of carbonyl (C=O) groups excluding carboxylic acids is 1. The number of halogens is 1. The molecule has 0 aliphatic carbocycles. The Morgan fingerprint density at radius 1 is 1.19 bits per heavy atom. The summed E-state index contributed by atoms with van der Waals surface area (Å²) in [5, 5.41) is 11.9. The van der Waals surface area contributed by atoms with Gasteiger partial charge in [0.1, 0.15) is 17.3 Å². The smallest absolute Gasteiger partial charge is 0.224 e. The molecule has 2 aromatic rings. The standard InChI is InChI=1S/C23H25ClN4O3/c24-15-5-6-21-19(11-15)26-23(18-3-1-2-4-20(18)31-21)28-10-8-25-16(13-28)12-22(30)27-9-7-17(29)14-27/h1-6,11,16-17,25,29H,7-10,12-14H2/p+1/t16-,17+/m0/s1. The first-order valence-electron chi connectivity index (χ1n) is 10.7. The van der Waals surface area contributed by atoms with Crippen molar-refractivity contribution in [2.45, 2.75) is 25.0 Å². The molecule has 2 aromatic carbocycles. The van der Waals surface area contributed by atoms with Gasteiger partial charge in [-0.15, -0.1) is 0 Å². The number of likely N-dealkylation sites (tertiary alicyclic amines) is 1. The van der Waals surface area contributed by atoms with Gasteiger partial charge in [-0.1, -0.05) is 23.7 Å². The first-order chi connectivity index (χ1) is 15.1. The molecule has 2 fully saturated rings. The number of carbonyl (C=O) groups is 1. The molecule has 0 bridgehead atoms. The number of nitrogens with zero attached hydrogens (tertiary/aromatic N) is 3. The lowest BCUT2D eigenvalue weighted by Crippen LogP contribution is -2.54. The molecule has 0 aromatic heterocycles. The number of ether oxygens (including phenoxy) is 1. The second kappa shape index (κ2) is 8.49. The first kappa shape index (κ1) is 20.3. The summed E-state index contributed by atoms with van der Waals surface area (Å²) in [4.78, 5) is 21.7. The highest BCUT2D eigenvalue weighted by molar-refractivity contribution is 6.31. The molecule has 1 amide bonds. The van der Waals surface area contributed by atoms with Crippen LogP contribution in [0.3, 0.4) is 0 Å². The predicted octanol–water partition coefficient (Wildman–Crippen LogP) is 2.51. The van der Waals surface area contributed by atoms with E-state index in [2.05, 4.69) is 10.2 Å². The van der Waals surface area contributed by atoms with E-state index in [-0.39, 0.29) is 18.1 Å². The van der Waals surface area contributed by atoms with Gasteiger partial charge in [0.2, 0.25) is 5.91 Å². The van der Waals surface area contributed by atoms with E-state index in [0.29, 0.717) is 42.5 Å². The van der Waals surface area contributed by atoms with E-state index >= 15 is 0 Å². The number of benzene rings is 2. The number of amidine groups is 1. The number of hydrogen-bond donors (Lipinski definition) is 1. The molecule has 3 N–H and O–H groups in total. The fourth-order valence-electron chi connectivity index (χ4n) is 4.42. The van der Waals surface area contributed by atoms with Gasteiger partial charge in [0.05, 0.1) is 12.1 Å². The summed E-state index contributed by atoms with van der Waals surface area (Å²) in [6.45, 7) is 3.46. The molecule has 0 radical (unpaired) electrons. The van der Waals surface area contributed by atoms with Gasteiger partial charge in [-0.05, 0) is 30.3 Å². The van der Waals surface area contributed by atoms with Crippen molar-refractivity contribution in [2.75, 3.05) is 32.7 Å². The lowest BCUT2D eigenvalue weighted by molar-refractivity contribution is -0.131. The Bertz CT molecular complexity index is 1030. The molecule has 162 valence electrons. The molecule has 0 saturated carbocycles. The van der Waals surface area contributed by atoms with Crippen molar-refractivity contribution in [3.63, 3.8) is 0 Å². The Morgan fingerprint density at radius 2 is 2.06 bits per heavy atom. The lowest BCUT2D eigenvalue weighted by atomic mass is 10.1. The molecular formula is C23H26ClN4O3+. The molecule has 8 heteroatoms. The second-order valence-electron chi connectivity index (χ2n) is 8.27. The Kier molecular flexibility index (Phi) is 5.56. The number of amides is 1. The minimum Gasteiger partial charge on any atom is -0.454 e.